The molecule has 1 fully saturated rings. The molecule has 0 amide bonds. The average molecular weight is 226 g/mol. The van der Waals surface area contributed by atoms with Crippen molar-refractivity contribution in [3.63, 3.8) is 0 Å². The third-order valence-corrected chi connectivity index (χ3v) is 4.49. The zero-order valence-corrected chi connectivity index (χ0v) is 11.8. The summed E-state index contributed by atoms with van der Waals surface area (Å²) in [5.41, 5.74) is 0. The van der Waals surface area contributed by atoms with Crippen LogP contribution in [0, 0.1) is 11.8 Å². The topological polar surface area (TPSA) is 15.3 Å². The maximum atomic E-state index is 3.44. The first-order valence-electron chi connectivity index (χ1n) is 7.01. The Morgan fingerprint density at radius 2 is 1.75 bits per heavy atom. The maximum absolute atomic E-state index is 3.44. The minimum atomic E-state index is 0.649. The highest BCUT2D eigenvalue weighted by atomic mass is 15.2. The van der Waals surface area contributed by atoms with Crippen molar-refractivity contribution in [2.24, 2.45) is 11.8 Å². The van der Waals surface area contributed by atoms with Crippen LogP contribution >= 0.6 is 0 Å². The van der Waals surface area contributed by atoms with Crippen LogP contribution in [-0.2, 0) is 0 Å². The molecule has 0 aromatic rings. The van der Waals surface area contributed by atoms with Crippen molar-refractivity contribution in [2.45, 2.75) is 59.0 Å². The SMILES string of the molecule is CCC(NC)C(C)N1CCC(C(C)C)CC1. The largest absolute Gasteiger partial charge is 0.315 e. The standard InChI is InChI=1S/C14H30N2/c1-6-14(15-5)12(4)16-9-7-13(8-10-16)11(2)3/h11-15H,6-10H2,1-5H3. The summed E-state index contributed by atoms with van der Waals surface area (Å²) >= 11 is 0. The van der Waals surface area contributed by atoms with E-state index in [1.165, 1.54) is 32.4 Å². The lowest BCUT2D eigenvalue weighted by atomic mass is 9.86. The number of rotatable bonds is 5. The van der Waals surface area contributed by atoms with Crippen LogP contribution in [0.3, 0.4) is 0 Å². The van der Waals surface area contributed by atoms with Gasteiger partial charge in [-0.1, -0.05) is 20.8 Å². The van der Waals surface area contributed by atoms with E-state index in [1.54, 1.807) is 0 Å². The second-order valence-corrected chi connectivity index (χ2v) is 5.66. The predicted molar refractivity (Wildman–Crippen MR) is 71.7 cm³/mol. The molecule has 0 saturated carbocycles. The molecule has 16 heavy (non-hydrogen) atoms. The minimum Gasteiger partial charge on any atom is -0.315 e. The van der Waals surface area contributed by atoms with E-state index in [1.807, 2.05) is 0 Å². The zero-order valence-electron chi connectivity index (χ0n) is 11.8. The van der Waals surface area contributed by atoms with Gasteiger partial charge in [-0.15, -0.1) is 0 Å². The molecule has 1 aliphatic rings. The first-order valence-corrected chi connectivity index (χ1v) is 7.01. The van der Waals surface area contributed by atoms with Gasteiger partial charge < -0.3 is 5.32 Å². The van der Waals surface area contributed by atoms with Crippen molar-refractivity contribution < 1.29 is 0 Å². The Hall–Kier alpha value is -0.0800. The molecule has 1 heterocycles. The van der Waals surface area contributed by atoms with Crippen LogP contribution in [0.15, 0.2) is 0 Å². The third kappa shape index (κ3) is 3.46. The molecule has 0 bridgehead atoms. The van der Waals surface area contributed by atoms with Gasteiger partial charge in [0.2, 0.25) is 0 Å². The molecule has 0 aromatic carbocycles. The van der Waals surface area contributed by atoms with Crippen LogP contribution in [0.1, 0.15) is 47.0 Å². The van der Waals surface area contributed by atoms with Crippen LogP contribution in [0.4, 0.5) is 0 Å². The smallest absolute Gasteiger partial charge is 0.0220 e. The van der Waals surface area contributed by atoms with Crippen molar-refractivity contribution in [3.8, 4) is 0 Å². The second kappa shape index (κ2) is 6.61. The van der Waals surface area contributed by atoms with Crippen LogP contribution in [0.25, 0.3) is 0 Å². The van der Waals surface area contributed by atoms with E-state index in [2.05, 4.69) is 45.0 Å². The quantitative estimate of drug-likeness (QED) is 0.775. The number of likely N-dealkylation sites (N-methyl/N-ethyl adjacent to an activating group) is 1. The van der Waals surface area contributed by atoms with Crippen LogP contribution < -0.4 is 5.32 Å². The van der Waals surface area contributed by atoms with Crippen molar-refractivity contribution in [1.29, 1.82) is 0 Å². The van der Waals surface area contributed by atoms with E-state index >= 15 is 0 Å². The summed E-state index contributed by atoms with van der Waals surface area (Å²) in [6.45, 7) is 12.0. The van der Waals surface area contributed by atoms with E-state index in [0.717, 1.165) is 11.8 Å². The van der Waals surface area contributed by atoms with Gasteiger partial charge in [0.1, 0.15) is 0 Å². The zero-order chi connectivity index (χ0) is 12.1. The predicted octanol–water partition coefficient (Wildman–Crippen LogP) is 2.74. The Morgan fingerprint density at radius 1 is 1.19 bits per heavy atom. The lowest BCUT2D eigenvalue weighted by molar-refractivity contribution is 0.102. The molecule has 0 aliphatic carbocycles. The second-order valence-electron chi connectivity index (χ2n) is 5.66. The third-order valence-electron chi connectivity index (χ3n) is 4.49. The molecule has 0 radical (unpaired) electrons. The normalized spacial score (nSPS) is 23.6. The molecule has 1 N–H and O–H groups in total. The fraction of sp³-hybridized carbons (Fsp3) is 1.00. The molecule has 2 unspecified atom stereocenters. The molecule has 2 nitrogen and oxygen atoms in total. The molecule has 1 aliphatic heterocycles. The van der Waals surface area contributed by atoms with E-state index < -0.39 is 0 Å². The number of nitrogens with one attached hydrogen (secondary N) is 1. The first kappa shape index (κ1) is 14.0. The van der Waals surface area contributed by atoms with Gasteiger partial charge in [-0.25, -0.2) is 0 Å². The Kier molecular flexibility index (Phi) is 5.77. The number of likely N-dealkylation sites (tertiary alicyclic amines) is 1. The first-order chi connectivity index (χ1) is 7.60. The fourth-order valence-corrected chi connectivity index (χ4v) is 3.03. The molecule has 1 rings (SSSR count). The Labute approximate surface area is 102 Å². The lowest BCUT2D eigenvalue weighted by Gasteiger charge is -2.40. The molecule has 96 valence electrons. The van der Waals surface area contributed by atoms with E-state index in [-0.39, 0.29) is 0 Å². The van der Waals surface area contributed by atoms with Crippen LogP contribution in [-0.4, -0.2) is 37.1 Å². The molecular formula is C14H30N2. The van der Waals surface area contributed by atoms with Crippen LogP contribution in [0.5, 0.6) is 0 Å². The summed E-state index contributed by atoms with van der Waals surface area (Å²) < 4.78 is 0. The van der Waals surface area contributed by atoms with E-state index in [9.17, 15) is 0 Å². The number of piperidine rings is 1. The van der Waals surface area contributed by atoms with Gasteiger partial charge in [-0.05, 0) is 58.2 Å². The summed E-state index contributed by atoms with van der Waals surface area (Å²) in [5, 5.41) is 3.44. The van der Waals surface area contributed by atoms with Crippen molar-refractivity contribution in [2.75, 3.05) is 20.1 Å². The Morgan fingerprint density at radius 3 is 2.12 bits per heavy atom. The van der Waals surface area contributed by atoms with Crippen molar-refractivity contribution in [3.05, 3.63) is 0 Å². The van der Waals surface area contributed by atoms with Gasteiger partial charge in [-0.3, -0.25) is 4.90 Å². The van der Waals surface area contributed by atoms with Crippen molar-refractivity contribution >= 4 is 0 Å². The van der Waals surface area contributed by atoms with Gasteiger partial charge in [0.25, 0.3) is 0 Å². The molecule has 1 saturated heterocycles. The molecule has 0 aromatic heterocycles. The molecular weight excluding hydrogens is 196 g/mol. The molecule has 0 spiro atoms. The van der Waals surface area contributed by atoms with Crippen LogP contribution in [0.2, 0.25) is 0 Å². The highest BCUT2D eigenvalue weighted by Crippen LogP contribution is 2.26. The van der Waals surface area contributed by atoms with Crippen molar-refractivity contribution in [1.82, 2.24) is 10.2 Å². The number of hydrogen-bond acceptors (Lipinski definition) is 2. The summed E-state index contributed by atoms with van der Waals surface area (Å²) in [5.74, 6) is 1.82. The van der Waals surface area contributed by atoms with Gasteiger partial charge in [0.15, 0.2) is 0 Å². The fourth-order valence-electron chi connectivity index (χ4n) is 3.03. The highest BCUT2D eigenvalue weighted by Gasteiger charge is 2.27. The molecule has 2 atom stereocenters. The summed E-state index contributed by atoms with van der Waals surface area (Å²) in [7, 11) is 2.09. The molecule has 2 heteroatoms. The Bertz CT molecular complexity index is 179. The Balaban J connectivity index is 2.40. The monoisotopic (exact) mass is 226 g/mol. The minimum absolute atomic E-state index is 0.649. The average Bonchev–Trinajstić information content (AvgIpc) is 2.30. The van der Waals surface area contributed by atoms with Gasteiger partial charge in [0, 0.05) is 12.1 Å². The summed E-state index contributed by atoms with van der Waals surface area (Å²) in [6.07, 6.45) is 4.01. The van der Waals surface area contributed by atoms with Gasteiger partial charge in [0.05, 0.1) is 0 Å². The number of nitrogens with zero attached hydrogens (tertiary/aromatic N) is 1. The highest BCUT2D eigenvalue weighted by molar-refractivity contribution is 4.83. The maximum Gasteiger partial charge on any atom is 0.0220 e. The van der Waals surface area contributed by atoms with E-state index in [4.69, 9.17) is 0 Å². The lowest BCUT2D eigenvalue weighted by Crippen LogP contribution is -2.50. The van der Waals surface area contributed by atoms with Gasteiger partial charge in [-0.2, -0.15) is 0 Å². The number of hydrogen-bond donors (Lipinski definition) is 1. The van der Waals surface area contributed by atoms with Gasteiger partial charge >= 0.3 is 0 Å². The summed E-state index contributed by atoms with van der Waals surface area (Å²) in [4.78, 5) is 2.67. The van der Waals surface area contributed by atoms with E-state index in [0.29, 0.717) is 12.1 Å². The summed E-state index contributed by atoms with van der Waals surface area (Å²) in [6, 6.07) is 1.33.